The average Bonchev–Trinajstić information content (AvgIpc) is 3.20. The normalized spacial score (nSPS) is 17.1. The second-order valence-electron chi connectivity index (χ2n) is 6.68. The first-order valence-corrected chi connectivity index (χ1v) is 8.55. The van der Waals surface area contributed by atoms with Gasteiger partial charge in [0.2, 0.25) is 0 Å². The number of benzene rings is 1. The number of fused-ring (bicyclic) bond motifs is 1. The second kappa shape index (κ2) is 6.20. The molecule has 2 aromatic heterocycles. The number of hydrogen-bond acceptors (Lipinski definition) is 2. The van der Waals surface area contributed by atoms with Crippen LogP contribution in [0, 0.1) is 0 Å². The third-order valence-electron chi connectivity index (χ3n) is 5.12. The van der Waals surface area contributed by atoms with Crippen molar-refractivity contribution < 1.29 is 0 Å². The third kappa shape index (κ3) is 3.04. The van der Waals surface area contributed by atoms with Gasteiger partial charge in [0.1, 0.15) is 0 Å². The predicted molar refractivity (Wildman–Crippen MR) is 93.6 cm³/mol. The molecule has 4 heteroatoms. The molecule has 0 aliphatic carbocycles. The Bertz CT molecular complexity index is 777. The molecule has 4 nitrogen and oxygen atoms in total. The lowest BCUT2D eigenvalue weighted by Crippen LogP contribution is -2.34. The van der Waals surface area contributed by atoms with Gasteiger partial charge in [-0.05, 0) is 55.5 Å². The van der Waals surface area contributed by atoms with Gasteiger partial charge >= 0.3 is 0 Å². The Kier molecular flexibility index (Phi) is 3.92. The Morgan fingerprint density at radius 3 is 2.83 bits per heavy atom. The first-order valence-electron chi connectivity index (χ1n) is 8.55. The number of H-pyrrole nitrogens is 1. The summed E-state index contributed by atoms with van der Waals surface area (Å²) < 4.78 is 1.89. The predicted octanol–water partition coefficient (Wildman–Crippen LogP) is 3.32. The minimum absolute atomic E-state index is 0.695. The van der Waals surface area contributed by atoms with E-state index < -0.39 is 0 Å². The summed E-state index contributed by atoms with van der Waals surface area (Å²) in [6, 6.07) is 8.66. The van der Waals surface area contributed by atoms with Gasteiger partial charge in [0, 0.05) is 36.9 Å². The van der Waals surface area contributed by atoms with Crippen LogP contribution < -0.4 is 0 Å². The molecule has 1 fully saturated rings. The van der Waals surface area contributed by atoms with Gasteiger partial charge in [-0.1, -0.05) is 18.2 Å². The van der Waals surface area contributed by atoms with Crippen LogP contribution in [0.1, 0.15) is 29.9 Å². The molecule has 0 radical (unpaired) electrons. The van der Waals surface area contributed by atoms with Crippen molar-refractivity contribution >= 4 is 10.9 Å². The van der Waals surface area contributed by atoms with Crippen LogP contribution in [0.5, 0.6) is 0 Å². The van der Waals surface area contributed by atoms with Crippen LogP contribution in [0.4, 0.5) is 0 Å². The van der Waals surface area contributed by atoms with Gasteiger partial charge in [0.05, 0.1) is 6.20 Å². The van der Waals surface area contributed by atoms with E-state index >= 15 is 0 Å². The monoisotopic (exact) mass is 308 g/mol. The number of likely N-dealkylation sites (tertiary alicyclic amines) is 1. The van der Waals surface area contributed by atoms with E-state index in [9.17, 15) is 0 Å². The van der Waals surface area contributed by atoms with Gasteiger partial charge in [-0.2, -0.15) is 5.10 Å². The zero-order valence-electron chi connectivity index (χ0n) is 13.7. The van der Waals surface area contributed by atoms with Gasteiger partial charge in [-0.3, -0.25) is 4.68 Å². The van der Waals surface area contributed by atoms with E-state index in [0.717, 1.165) is 13.0 Å². The van der Waals surface area contributed by atoms with E-state index in [-0.39, 0.29) is 0 Å². The van der Waals surface area contributed by atoms with Crippen molar-refractivity contribution in [3.05, 3.63) is 54.0 Å². The number of aromatic nitrogens is 3. The molecule has 3 heterocycles. The number of piperidine rings is 1. The molecule has 0 unspecified atom stereocenters. The van der Waals surface area contributed by atoms with Crippen LogP contribution in [0.2, 0.25) is 0 Å². The number of rotatable bonds is 4. The Balaban J connectivity index is 1.35. The van der Waals surface area contributed by atoms with E-state index in [1.807, 2.05) is 17.9 Å². The Labute approximate surface area is 137 Å². The van der Waals surface area contributed by atoms with Crippen molar-refractivity contribution in [1.82, 2.24) is 19.7 Å². The van der Waals surface area contributed by atoms with Crippen LogP contribution in [0.3, 0.4) is 0 Å². The molecule has 1 N–H and O–H groups in total. The van der Waals surface area contributed by atoms with E-state index in [4.69, 9.17) is 0 Å². The largest absolute Gasteiger partial charge is 0.361 e. The maximum atomic E-state index is 4.25. The van der Waals surface area contributed by atoms with Crippen molar-refractivity contribution in [3.8, 4) is 0 Å². The van der Waals surface area contributed by atoms with Crippen molar-refractivity contribution in [2.24, 2.45) is 7.05 Å². The summed E-state index contributed by atoms with van der Waals surface area (Å²) in [5.41, 5.74) is 4.11. The molecule has 120 valence electrons. The molecule has 1 aliphatic heterocycles. The van der Waals surface area contributed by atoms with E-state index in [1.54, 1.807) is 0 Å². The number of para-hydroxylation sites is 1. The van der Waals surface area contributed by atoms with E-state index in [1.165, 1.54) is 48.0 Å². The van der Waals surface area contributed by atoms with E-state index in [2.05, 4.69) is 51.6 Å². The van der Waals surface area contributed by atoms with Crippen LogP contribution in [-0.4, -0.2) is 39.3 Å². The first kappa shape index (κ1) is 14.5. The molecule has 3 aromatic rings. The molecule has 1 aliphatic rings. The van der Waals surface area contributed by atoms with Crippen molar-refractivity contribution in [3.63, 3.8) is 0 Å². The quantitative estimate of drug-likeness (QED) is 0.802. The fourth-order valence-electron chi connectivity index (χ4n) is 3.79. The molecule has 1 saturated heterocycles. The zero-order chi connectivity index (χ0) is 15.6. The molecule has 0 spiro atoms. The fraction of sp³-hybridized carbons (Fsp3) is 0.421. The molecule has 0 atom stereocenters. The third-order valence-corrected chi connectivity index (χ3v) is 5.12. The summed E-state index contributed by atoms with van der Waals surface area (Å²) in [5.74, 6) is 0.695. The summed E-state index contributed by atoms with van der Waals surface area (Å²) in [6.45, 7) is 3.54. The average molecular weight is 308 g/mol. The number of hydrogen-bond donors (Lipinski definition) is 1. The first-order chi connectivity index (χ1) is 11.3. The lowest BCUT2D eigenvalue weighted by molar-refractivity contribution is 0.215. The van der Waals surface area contributed by atoms with Gasteiger partial charge in [-0.25, -0.2) is 0 Å². The number of nitrogens with one attached hydrogen (secondary N) is 1. The minimum atomic E-state index is 0.695. The second-order valence-corrected chi connectivity index (χ2v) is 6.68. The summed E-state index contributed by atoms with van der Waals surface area (Å²) in [5, 5.41) is 5.65. The zero-order valence-corrected chi connectivity index (χ0v) is 13.7. The highest BCUT2D eigenvalue weighted by atomic mass is 15.2. The Morgan fingerprint density at radius 1 is 1.22 bits per heavy atom. The standard InChI is InChI=1S/C19H24N4/c1-22-14-15(12-21-22)6-9-23-10-7-16(8-11-23)18-13-20-19-5-3-2-4-17(18)19/h2-5,12-14,16,20H,6-11H2,1H3. The molecule has 4 rings (SSSR count). The molecule has 1 aromatic carbocycles. The van der Waals surface area contributed by atoms with Crippen LogP contribution in [0.25, 0.3) is 10.9 Å². The Morgan fingerprint density at radius 2 is 2.04 bits per heavy atom. The highest BCUT2D eigenvalue weighted by Crippen LogP contribution is 2.33. The highest BCUT2D eigenvalue weighted by Gasteiger charge is 2.22. The molecule has 0 saturated carbocycles. The lowest BCUT2D eigenvalue weighted by atomic mass is 9.89. The van der Waals surface area contributed by atoms with Gasteiger partial charge in [0.25, 0.3) is 0 Å². The van der Waals surface area contributed by atoms with Crippen molar-refractivity contribution in [2.75, 3.05) is 19.6 Å². The van der Waals surface area contributed by atoms with Gasteiger partial charge in [-0.15, -0.1) is 0 Å². The molecular formula is C19H24N4. The molecule has 0 amide bonds. The minimum Gasteiger partial charge on any atom is -0.361 e. The summed E-state index contributed by atoms with van der Waals surface area (Å²) in [7, 11) is 1.98. The van der Waals surface area contributed by atoms with Crippen molar-refractivity contribution in [1.29, 1.82) is 0 Å². The van der Waals surface area contributed by atoms with Gasteiger partial charge in [0.15, 0.2) is 0 Å². The van der Waals surface area contributed by atoms with Gasteiger partial charge < -0.3 is 9.88 Å². The number of aryl methyl sites for hydroxylation is 1. The molecule has 23 heavy (non-hydrogen) atoms. The fourth-order valence-corrected chi connectivity index (χ4v) is 3.79. The topological polar surface area (TPSA) is 36.9 Å². The molecule has 0 bridgehead atoms. The number of nitrogens with zero attached hydrogens (tertiary/aromatic N) is 3. The summed E-state index contributed by atoms with van der Waals surface area (Å²) in [6.07, 6.45) is 9.95. The van der Waals surface area contributed by atoms with Crippen LogP contribution >= 0.6 is 0 Å². The summed E-state index contributed by atoms with van der Waals surface area (Å²) >= 11 is 0. The lowest BCUT2D eigenvalue weighted by Gasteiger charge is -2.31. The SMILES string of the molecule is Cn1cc(CCN2CCC(c3c[nH]c4ccccc34)CC2)cn1. The molecular weight excluding hydrogens is 284 g/mol. The number of aromatic amines is 1. The summed E-state index contributed by atoms with van der Waals surface area (Å²) in [4.78, 5) is 6.02. The smallest absolute Gasteiger partial charge is 0.0522 e. The van der Waals surface area contributed by atoms with Crippen molar-refractivity contribution in [2.45, 2.75) is 25.2 Å². The maximum absolute atomic E-state index is 4.25. The Hall–Kier alpha value is -2.07. The van der Waals surface area contributed by atoms with Crippen LogP contribution in [-0.2, 0) is 13.5 Å². The maximum Gasteiger partial charge on any atom is 0.0522 e. The van der Waals surface area contributed by atoms with Crippen LogP contribution in [0.15, 0.2) is 42.9 Å². The highest BCUT2D eigenvalue weighted by molar-refractivity contribution is 5.83. The van der Waals surface area contributed by atoms with E-state index in [0.29, 0.717) is 5.92 Å².